The Balaban J connectivity index is 0.000000810. The van der Waals surface area contributed by atoms with E-state index in [4.69, 9.17) is 5.73 Å². The van der Waals surface area contributed by atoms with Crippen molar-refractivity contribution in [3.63, 3.8) is 0 Å². The minimum Gasteiger partial charge on any atom is -0.469 e. The molecular weight excluding hydrogens is 154 g/mol. The summed E-state index contributed by atoms with van der Waals surface area (Å²) in [4.78, 5) is 10.7. The summed E-state index contributed by atoms with van der Waals surface area (Å²) >= 11 is 0. The van der Waals surface area contributed by atoms with Gasteiger partial charge in [0.15, 0.2) is 0 Å². The molecule has 0 radical (unpaired) electrons. The van der Waals surface area contributed by atoms with Crippen LogP contribution in [0.1, 0.15) is 6.42 Å². The van der Waals surface area contributed by atoms with Crippen molar-refractivity contribution in [2.75, 3.05) is 13.7 Å². The van der Waals surface area contributed by atoms with Gasteiger partial charge in [0.05, 0.1) is 13.0 Å². The number of esters is 1. The molecule has 2 unspecified atom stereocenters. The van der Waals surface area contributed by atoms with Gasteiger partial charge in [-0.2, -0.15) is 0 Å². The molecule has 3 nitrogen and oxygen atoms in total. The SMILES string of the molecule is COC(=O)C1CC1CN.Cl. The van der Waals surface area contributed by atoms with Crippen LogP contribution in [0.2, 0.25) is 0 Å². The third kappa shape index (κ3) is 1.85. The quantitative estimate of drug-likeness (QED) is 0.594. The van der Waals surface area contributed by atoms with E-state index in [9.17, 15) is 4.79 Å². The van der Waals surface area contributed by atoms with Gasteiger partial charge in [0.2, 0.25) is 0 Å². The molecule has 0 spiro atoms. The Morgan fingerprint density at radius 2 is 2.40 bits per heavy atom. The lowest BCUT2D eigenvalue weighted by Gasteiger charge is -1.93. The van der Waals surface area contributed by atoms with Crippen LogP contribution in [-0.2, 0) is 9.53 Å². The molecule has 1 aliphatic carbocycles. The van der Waals surface area contributed by atoms with Crippen molar-refractivity contribution in [1.82, 2.24) is 0 Å². The zero-order valence-corrected chi connectivity index (χ0v) is 6.69. The van der Waals surface area contributed by atoms with Crippen LogP contribution in [0.5, 0.6) is 0 Å². The summed E-state index contributed by atoms with van der Waals surface area (Å²) in [6.45, 7) is 0.611. The lowest BCUT2D eigenvalue weighted by atomic mass is 10.3. The molecule has 0 heterocycles. The zero-order valence-electron chi connectivity index (χ0n) is 5.87. The molecule has 1 fully saturated rings. The van der Waals surface area contributed by atoms with Gasteiger partial charge in [0.1, 0.15) is 0 Å². The molecule has 10 heavy (non-hydrogen) atoms. The van der Waals surface area contributed by atoms with Gasteiger partial charge < -0.3 is 10.5 Å². The molecule has 0 bridgehead atoms. The van der Waals surface area contributed by atoms with Crippen molar-refractivity contribution in [3.05, 3.63) is 0 Å². The van der Waals surface area contributed by atoms with E-state index in [-0.39, 0.29) is 24.3 Å². The first kappa shape index (κ1) is 9.72. The summed E-state index contributed by atoms with van der Waals surface area (Å²) in [6, 6.07) is 0. The average Bonchev–Trinajstić information content (AvgIpc) is 2.64. The molecule has 0 amide bonds. The third-order valence-electron chi connectivity index (χ3n) is 1.73. The van der Waals surface area contributed by atoms with Gasteiger partial charge in [0, 0.05) is 0 Å². The minimum atomic E-state index is -0.106. The molecular formula is C6H12ClNO2. The fraction of sp³-hybridized carbons (Fsp3) is 0.833. The zero-order chi connectivity index (χ0) is 6.85. The molecule has 1 saturated carbocycles. The Kier molecular flexibility index (Phi) is 3.68. The monoisotopic (exact) mass is 165 g/mol. The first-order valence-electron chi connectivity index (χ1n) is 3.07. The molecule has 0 aliphatic heterocycles. The fourth-order valence-corrected chi connectivity index (χ4v) is 0.948. The maximum atomic E-state index is 10.7. The number of carbonyl (C=O) groups excluding carboxylic acids is 1. The van der Waals surface area contributed by atoms with E-state index in [1.807, 2.05) is 0 Å². The molecule has 2 N–H and O–H groups in total. The van der Waals surface area contributed by atoms with Crippen LogP contribution in [-0.4, -0.2) is 19.6 Å². The number of carbonyl (C=O) groups is 1. The normalized spacial score (nSPS) is 28.6. The van der Waals surface area contributed by atoms with Gasteiger partial charge in [-0.15, -0.1) is 12.4 Å². The predicted octanol–water partition coefficient (Wildman–Crippen LogP) is 0.176. The summed E-state index contributed by atoms with van der Waals surface area (Å²) < 4.78 is 4.51. The van der Waals surface area contributed by atoms with Crippen LogP contribution >= 0.6 is 12.4 Å². The molecule has 0 aromatic rings. The second-order valence-electron chi connectivity index (χ2n) is 2.36. The van der Waals surface area contributed by atoms with Gasteiger partial charge in [-0.3, -0.25) is 4.79 Å². The van der Waals surface area contributed by atoms with Gasteiger partial charge in [-0.05, 0) is 18.9 Å². The molecule has 1 rings (SSSR count). The van der Waals surface area contributed by atoms with Crippen molar-refractivity contribution in [1.29, 1.82) is 0 Å². The van der Waals surface area contributed by atoms with Crippen LogP contribution in [0, 0.1) is 11.8 Å². The highest BCUT2D eigenvalue weighted by Gasteiger charge is 2.42. The average molecular weight is 166 g/mol. The van der Waals surface area contributed by atoms with Crippen molar-refractivity contribution in [3.8, 4) is 0 Å². The number of ether oxygens (including phenoxy) is 1. The highest BCUT2D eigenvalue weighted by Crippen LogP contribution is 2.37. The minimum absolute atomic E-state index is 0. The number of rotatable bonds is 2. The molecule has 4 heteroatoms. The lowest BCUT2D eigenvalue weighted by molar-refractivity contribution is -0.142. The first-order valence-corrected chi connectivity index (χ1v) is 3.07. The molecule has 0 saturated heterocycles. The number of nitrogens with two attached hydrogens (primary N) is 1. The van der Waals surface area contributed by atoms with Crippen molar-refractivity contribution in [2.24, 2.45) is 17.6 Å². The maximum absolute atomic E-state index is 10.7. The maximum Gasteiger partial charge on any atom is 0.308 e. The van der Waals surface area contributed by atoms with Crippen molar-refractivity contribution in [2.45, 2.75) is 6.42 Å². The number of hydrogen-bond donors (Lipinski definition) is 1. The van der Waals surface area contributed by atoms with Crippen molar-refractivity contribution >= 4 is 18.4 Å². The van der Waals surface area contributed by atoms with Crippen LogP contribution in [0.4, 0.5) is 0 Å². The predicted molar refractivity (Wildman–Crippen MR) is 39.9 cm³/mol. The van der Waals surface area contributed by atoms with Crippen LogP contribution in [0.3, 0.4) is 0 Å². The van der Waals surface area contributed by atoms with Gasteiger partial charge >= 0.3 is 5.97 Å². The number of hydrogen-bond acceptors (Lipinski definition) is 3. The van der Waals surface area contributed by atoms with E-state index in [2.05, 4.69) is 4.74 Å². The Labute approximate surface area is 66.3 Å². The van der Waals surface area contributed by atoms with E-state index in [0.717, 1.165) is 6.42 Å². The van der Waals surface area contributed by atoms with E-state index in [0.29, 0.717) is 12.5 Å². The van der Waals surface area contributed by atoms with E-state index in [1.54, 1.807) is 0 Å². The highest BCUT2D eigenvalue weighted by molar-refractivity contribution is 5.85. The topological polar surface area (TPSA) is 52.3 Å². The van der Waals surface area contributed by atoms with Crippen molar-refractivity contribution < 1.29 is 9.53 Å². The standard InChI is InChI=1S/C6H11NO2.ClH/c1-9-6(8)5-2-4(5)3-7;/h4-5H,2-3,7H2,1H3;1H. The molecule has 0 aromatic carbocycles. The van der Waals surface area contributed by atoms with Gasteiger partial charge in [0.25, 0.3) is 0 Å². The second kappa shape index (κ2) is 3.78. The summed E-state index contributed by atoms with van der Waals surface area (Å²) in [6.07, 6.45) is 0.920. The molecule has 1 aliphatic rings. The third-order valence-corrected chi connectivity index (χ3v) is 1.73. The second-order valence-corrected chi connectivity index (χ2v) is 2.36. The van der Waals surface area contributed by atoms with Crippen LogP contribution in [0.25, 0.3) is 0 Å². The Morgan fingerprint density at radius 1 is 1.80 bits per heavy atom. The Bertz CT molecular complexity index is 129. The largest absolute Gasteiger partial charge is 0.469 e. The summed E-state index contributed by atoms with van der Waals surface area (Å²) in [5, 5.41) is 0. The summed E-state index contributed by atoms with van der Waals surface area (Å²) in [7, 11) is 1.41. The highest BCUT2D eigenvalue weighted by atomic mass is 35.5. The summed E-state index contributed by atoms with van der Waals surface area (Å²) in [5.74, 6) is 0.405. The Hall–Kier alpha value is -0.280. The first-order chi connectivity index (χ1) is 4.29. The van der Waals surface area contributed by atoms with Crippen LogP contribution < -0.4 is 5.73 Å². The van der Waals surface area contributed by atoms with E-state index < -0.39 is 0 Å². The fourth-order valence-electron chi connectivity index (χ4n) is 0.948. The van der Waals surface area contributed by atoms with Crippen LogP contribution in [0.15, 0.2) is 0 Å². The lowest BCUT2D eigenvalue weighted by Crippen LogP contribution is -2.09. The van der Waals surface area contributed by atoms with E-state index >= 15 is 0 Å². The molecule has 0 aromatic heterocycles. The van der Waals surface area contributed by atoms with Gasteiger partial charge in [-0.25, -0.2) is 0 Å². The number of methoxy groups -OCH3 is 1. The molecule has 2 atom stereocenters. The smallest absolute Gasteiger partial charge is 0.308 e. The molecule has 60 valence electrons. The number of halogens is 1. The van der Waals surface area contributed by atoms with Gasteiger partial charge in [-0.1, -0.05) is 0 Å². The van der Waals surface area contributed by atoms with E-state index in [1.165, 1.54) is 7.11 Å². The summed E-state index contributed by atoms with van der Waals surface area (Å²) in [5.41, 5.74) is 5.31. The Morgan fingerprint density at radius 3 is 2.70 bits per heavy atom.